The van der Waals surface area contributed by atoms with E-state index in [2.05, 4.69) is 64.9 Å². The molecule has 2 aliphatic rings. The van der Waals surface area contributed by atoms with E-state index in [-0.39, 0.29) is 19.4 Å². The van der Waals surface area contributed by atoms with Crippen molar-refractivity contribution in [3.8, 4) is 45.0 Å². The second-order valence-electron chi connectivity index (χ2n) is 11.3. The SMILES string of the molecule is CCCCn1c(-c2ccccc2)nc(-c2ccc(C(C)=O)s2)c1CN(Cc1ccc2c(c1)OCO2)Cc1ccc2c(c1)OCO2. The van der Waals surface area contributed by atoms with Crippen LogP contribution < -0.4 is 18.9 Å². The zero-order valence-electron chi connectivity index (χ0n) is 25.5. The molecule has 2 aromatic heterocycles. The molecular weight excluding hydrogens is 586 g/mol. The number of fused-ring (bicyclic) bond motifs is 2. The fourth-order valence-corrected chi connectivity index (χ4v) is 6.75. The Balaban J connectivity index is 1.32. The van der Waals surface area contributed by atoms with Crippen LogP contribution in [-0.4, -0.2) is 33.8 Å². The van der Waals surface area contributed by atoms with Gasteiger partial charge in [0, 0.05) is 31.7 Å². The van der Waals surface area contributed by atoms with Crippen LogP contribution in [0.25, 0.3) is 22.0 Å². The topological polar surface area (TPSA) is 75.1 Å². The van der Waals surface area contributed by atoms with Gasteiger partial charge in [-0.2, -0.15) is 0 Å². The van der Waals surface area contributed by atoms with Gasteiger partial charge in [-0.1, -0.05) is 55.8 Å². The third-order valence-corrected chi connectivity index (χ3v) is 9.28. The number of aromatic nitrogens is 2. The Labute approximate surface area is 266 Å². The summed E-state index contributed by atoms with van der Waals surface area (Å²) in [5, 5.41) is 0. The minimum Gasteiger partial charge on any atom is -0.454 e. The van der Waals surface area contributed by atoms with Gasteiger partial charge in [-0.05, 0) is 60.9 Å². The van der Waals surface area contributed by atoms with Crippen molar-refractivity contribution in [3.05, 3.63) is 101 Å². The summed E-state index contributed by atoms with van der Waals surface area (Å²) in [6, 6.07) is 26.6. The third kappa shape index (κ3) is 6.18. The molecule has 0 atom stereocenters. The monoisotopic (exact) mass is 621 g/mol. The lowest BCUT2D eigenvalue weighted by molar-refractivity contribution is 0.102. The summed E-state index contributed by atoms with van der Waals surface area (Å²) in [5.74, 6) is 4.09. The van der Waals surface area contributed by atoms with Crippen LogP contribution in [0, 0.1) is 0 Å². The smallest absolute Gasteiger partial charge is 0.231 e. The van der Waals surface area contributed by atoms with Crippen LogP contribution >= 0.6 is 11.3 Å². The van der Waals surface area contributed by atoms with Crippen LogP contribution in [0.5, 0.6) is 23.0 Å². The molecule has 45 heavy (non-hydrogen) atoms. The molecule has 0 saturated heterocycles. The summed E-state index contributed by atoms with van der Waals surface area (Å²) in [6.45, 7) is 7.13. The molecule has 230 valence electrons. The zero-order valence-corrected chi connectivity index (χ0v) is 26.3. The minimum absolute atomic E-state index is 0.0636. The predicted octanol–water partition coefficient (Wildman–Crippen LogP) is 7.94. The summed E-state index contributed by atoms with van der Waals surface area (Å²) in [6.07, 6.45) is 2.09. The lowest BCUT2D eigenvalue weighted by atomic mass is 10.1. The first-order valence-electron chi connectivity index (χ1n) is 15.3. The molecule has 8 nitrogen and oxygen atoms in total. The summed E-state index contributed by atoms with van der Waals surface area (Å²) in [4.78, 5) is 21.7. The number of rotatable bonds is 12. The van der Waals surface area contributed by atoms with Crippen LogP contribution in [0.1, 0.15) is 53.2 Å². The quantitative estimate of drug-likeness (QED) is 0.131. The summed E-state index contributed by atoms with van der Waals surface area (Å²) < 4.78 is 25.0. The first kappa shape index (κ1) is 29.1. The molecular formula is C36H35N3O5S. The number of ether oxygens (including phenoxy) is 4. The fraction of sp³-hybridized carbons (Fsp3) is 0.278. The van der Waals surface area contributed by atoms with E-state index in [0.717, 1.165) is 86.0 Å². The second kappa shape index (κ2) is 12.8. The molecule has 9 heteroatoms. The van der Waals surface area contributed by atoms with Gasteiger partial charge in [-0.15, -0.1) is 11.3 Å². The number of unbranched alkanes of at least 4 members (excludes halogenated alkanes) is 1. The number of Topliss-reactive ketones (excluding diaryl/α,β-unsaturated/α-hetero) is 1. The lowest BCUT2D eigenvalue weighted by Gasteiger charge is -2.25. The highest BCUT2D eigenvalue weighted by molar-refractivity contribution is 7.17. The van der Waals surface area contributed by atoms with Gasteiger partial charge >= 0.3 is 0 Å². The number of nitrogens with zero attached hydrogens (tertiary/aromatic N) is 3. The molecule has 2 aliphatic heterocycles. The van der Waals surface area contributed by atoms with Gasteiger partial charge in [0.05, 0.1) is 15.4 Å². The van der Waals surface area contributed by atoms with Gasteiger partial charge in [-0.3, -0.25) is 9.69 Å². The van der Waals surface area contributed by atoms with Crippen molar-refractivity contribution in [1.29, 1.82) is 0 Å². The maximum atomic E-state index is 12.3. The van der Waals surface area contributed by atoms with E-state index in [1.807, 2.05) is 30.3 Å². The van der Waals surface area contributed by atoms with Crippen molar-refractivity contribution in [3.63, 3.8) is 0 Å². The highest BCUT2D eigenvalue weighted by atomic mass is 32.1. The van der Waals surface area contributed by atoms with Gasteiger partial charge in [0.25, 0.3) is 0 Å². The van der Waals surface area contributed by atoms with Crippen molar-refractivity contribution in [2.24, 2.45) is 0 Å². The maximum Gasteiger partial charge on any atom is 0.231 e. The maximum absolute atomic E-state index is 12.3. The first-order valence-corrected chi connectivity index (χ1v) is 16.1. The number of benzene rings is 3. The van der Waals surface area contributed by atoms with Crippen molar-refractivity contribution in [2.45, 2.75) is 52.9 Å². The zero-order chi connectivity index (χ0) is 30.8. The van der Waals surface area contributed by atoms with Gasteiger partial charge in [-0.25, -0.2) is 4.98 Å². The average molecular weight is 622 g/mol. The Kier molecular flexibility index (Phi) is 8.28. The number of carbonyl (C=O) groups excluding carboxylic acids is 1. The van der Waals surface area contributed by atoms with Crippen molar-refractivity contribution in [2.75, 3.05) is 13.6 Å². The molecule has 0 bridgehead atoms. The van der Waals surface area contributed by atoms with E-state index in [1.165, 1.54) is 11.3 Å². The molecule has 5 aromatic rings. The number of hydrogen-bond acceptors (Lipinski definition) is 8. The molecule has 3 aromatic carbocycles. The molecule has 0 N–H and O–H groups in total. The minimum atomic E-state index is 0.0636. The van der Waals surface area contributed by atoms with Crippen LogP contribution in [-0.2, 0) is 26.2 Å². The van der Waals surface area contributed by atoms with E-state index in [1.54, 1.807) is 6.92 Å². The second-order valence-corrected chi connectivity index (χ2v) is 12.4. The normalized spacial score (nSPS) is 13.1. The number of imidazole rings is 1. The van der Waals surface area contributed by atoms with Gasteiger partial charge in [0.1, 0.15) is 11.5 Å². The number of carbonyl (C=O) groups is 1. The van der Waals surface area contributed by atoms with Crippen molar-refractivity contribution in [1.82, 2.24) is 14.5 Å². The molecule has 4 heterocycles. The molecule has 0 saturated carbocycles. The van der Waals surface area contributed by atoms with E-state index >= 15 is 0 Å². The fourth-order valence-electron chi connectivity index (χ4n) is 5.84. The van der Waals surface area contributed by atoms with Crippen LogP contribution in [0.2, 0.25) is 0 Å². The van der Waals surface area contributed by atoms with E-state index < -0.39 is 0 Å². The van der Waals surface area contributed by atoms with Crippen molar-refractivity contribution < 1.29 is 23.7 Å². The summed E-state index contributed by atoms with van der Waals surface area (Å²) >= 11 is 1.51. The van der Waals surface area contributed by atoms with Crippen LogP contribution in [0.3, 0.4) is 0 Å². The number of ketones is 1. The molecule has 0 amide bonds. The van der Waals surface area contributed by atoms with Gasteiger partial charge < -0.3 is 23.5 Å². The number of thiophene rings is 1. The number of hydrogen-bond donors (Lipinski definition) is 0. The highest BCUT2D eigenvalue weighted by Gasteiger charge is 2.25. The highest BCUT2D eigenvalue weighted by Crippen LogP contribution is 2.38. The molecule has 0 aliphatic carbocycles. The Morgan fingerprint density at radius 1 is 0.822 bits per heavy atom. The molecule has 0 radical (unpaired) electrons. The molecule has 0 fully saturated rings. The van der Waals surface area contributed by atoms with E-state index in [9.17, 15) is 4.79 Å². The van der Waals surface area contributed by atoms with Crippen LogP contribution in [0.15, 0.2) is 78.9 Å². The Bertz CT molecular complexity index is 1770. The Morgan fingerprint density at radius 2 is 1.47 bits per heavy atom. The van der Waals surface area contributed by atoms with Gasteiger partial charge in [0.2, 0.25) is 13.6 Å². The van der Waals surface area contributed by atoms with E-state index in [4.69, 9.17) is 23.9 Å². The Morgan fingerprint density at radius 3 is 2.07 bits per heavy atom. The van der Waals surface area contributed by atoms with Crippen molar-refractivity contribution >= 4 is 17.1 Å². The average Bonchev–Trinajstić information content (AvgIpc) is 3.86. The molecule has 0 spiro atoms. The third-order valence-electron chi connectivity index (χ3n) is 8.09. The lowest BCUT2D eigenvalue weighted by Crippen LogP contribution is -2.24. The summed E-state index contributed by atoms with van der Waals surface area (Å²) in [5.41, 5.74) is 5.37. The molecule has 0 unspecified atom stereocenters. The first-order chi connectivity index (χ1) is 22.1. The molecule has 7 rings (SSSR count). The Hall–Kier alpha value is -4.60. The standard InChI is InChI=1S/C36H35N3O5S/c1-3-4-16-39-28(35(34-15-14-33(45-34)24(2)40)37-36(39)27-8-6-5-7-9-27)21-38(19-25-10-12-29-31(17-25)43-22-41-29)20-26-11-13-30-32(18-26)44-23-42-30/h5-15,17-18H,3-4,16,19-23H2,1-2H3. The van der Waals surface area contributed by atoms with Gasteiger partial charge in [0.15, 0.2) is 28.8 Å². The van der Waals surface area contributed by atoms with Crippen LogP contribution in [0.4, 0.5) is 0 Å². The summed E-state index contributed by atoms with van der Waals surface area (Å²) in [7, 11) is 0. The van der Waals surface area contributed by atoms with E-state index in [0.29, 0.717) is 19.6 Å². The largest absolute Gasteiger partial charge is 0.454 e. The predicted molar refractivity (Wildman–Crippen MR) is 174 cm³/mol.